The Labute approximate surface area is 121 Å². The van der Waals surface area contributed by atoms with Gasteiger partial charge in [-0.1, -0.05) is 18.2 Å². The number of carbonyl (C=O) groups excluding carboxylic acids is 1. The molecule has 6 nitrogen and oxygen atoms in total. The highest BCUT2D eigenvalue weighted by atomic mass is 16.5. The zero-order valence-corrected chi connectivity index (χ0v) is 11.5. The third-order valence-corrected chi connectivity index (χ3v) is 3.04. The highest BCUT2D eigenvalue weighted by Crippen LogP contribution is 2.32. The molecular weight excluding hydrogens is 272 g/mol. The van der Waals surface area contributed by atoms with Crippen molar-refractivity contribution in [3.05, 3.63) is 47.2 Å². The van der Waals surface area contributed by atoms with Gasteiger partial charge in [0.2, 0.25) is 5.88 Å². The Bertz CT molecular complexity index is 740. The van der Waals surface area contributed by atoms with Gasteiger partial charge in [0.1, 0.15) is 5.76 Å². The molecule has 0 saturated carbocycles. The van der Waals surface area contributed by atoms with Crippen LogP contribution in [0.3, 0.4) is 0 Å². The number of carbonyl (C=O) groups is 1. The molecule has 2 heterocycles. The maximum Gasteiger partial charge on any atom is 0.344 e. The van der Waals surface area contributed by atoms with E-state index in [0.717, 1.165) is 5.56 Å². The van der Waals surface area contributed by atoms with E-state index >= 15 is 0 Å². The van der Waals surface area contributed by atoms with E-state index in [4.69, 9.17) is 14.2 Å². The van der Waals surface area contributed by atoms with Gasteiger partial charge in [-0.25, -0.2) is 9.78 Å². The normalized spacial score (nSPS) is 14.8. The average molecular weight is 284 g/mol. The maximum absolute atomic E-state index is 11.8. The van der Waals surface area contributed by atoms with Crippen LogP contribution in [0.2, 0.25) is 0 Å². The van der Waals surface area contributed by atoms with Crippen LogP contribution < -0.4 is 9.47 Å². The minimum absolute atomic E-state index is 0.206. The summed E-state index contributed by atoms with van der Waals surface area (Å²) >= 11 is 0. The zero-order chi connectivity index (χ0) is 14.8. The van der Waals surface area contributed by atoms with Crippen LogP contribution in [0, 0.1) is 0 Å². The fourth-order valence-electron chi connectivity index (χ4n) is 2.06. The number of benzene rings is 1. The van der Waals surface area contributed by atoms with E-state index in [2.05, 4.69) is 9.97 Å². The van der Waals surface area contributed by atoms with Gasteiger partial charge in [0, 0.05) is 11.8 Å². The minimum Gasteiger partial charge on any atom is -0.480 e. The standard InChI is InChI=1S/C15H12N2O4/c1-19-13-9(8-16-15(17-13)20-2)7-12-10-5-3-4-6-11(10)14(18)21-12/h3-8H,1-2H3/b12-7+. The molecule has 21 heavy (non-hydrogen) atoms. The number of nitrogens with zero attached hydrogens (tertiary/aromatic N) is 2. The van der Waals surface area contributed by atoms with Crippen LogP contribution >= 0.6 is 0 Å². The van der Waals surface area contributed by atoms with Crippen LogP contribution in [0.5, 0.6) is 11.9 Å². The summed E-state index contributed by atoms with van der Waals surface area (Å²) in [7, 11) is 2.97. The molecule has 1 aliphatic heterocycles. The van der Waals surface area contributed by atoms with E-state index in [1.165, 1.54) is 14.2 Å². The summed E-state index contributed by atoms with van der Waals surface area (Å²) in [5.74, 6) is 0.419. The molecule has 0 bridgehead atoms. The lowest BCUT2D eigenvalue weighted by atomic mass is 10.1. The first kappa shape index (κ1) is 13.1. The van der Waals surface area contributed by atoms with Crippen LogP contribution in [0.15, 0.2) is 30.5 Å². The van der Waals surface area contributed by atoms with E-state index in [-0.39, 0.29) is 12.0 Å². The summed E-state index contributed by atoms with van der Waals surface area (Å²) in [5, 5.41) is 0. The summed E-state index contributed by atoms with van der Waals surface area (Å²) in [5.41, 5.74) is 1.87. The predicted octanol–water partition coefficient (Wildman–Crippen LogP) is 2.16. The van der Waals surface area contributed by atoms with Crippen molar-refractivity contribution < 1.29 is 19.0 Å². The molecule has 0 saturated heterocycles. The lowest BCUT2D eigenvalue weighted by Gasteiger charge is -2.06. The van der Waals surface area contributed by atoms with Crippen LogP contribution in [0.25, 0.3) is 11.8 Å². The van der Waals surface area contributed by atoms with E-state index in [9.17, 15) is 4.79 Å². The summed E-state index contributed by atoms with van der Waals surface area (Å²) in [4.78, 5) is 19.9. The van der Waals surface area contributed by atoms with Gasteiger partial charge in [0.15, 0.2) is 0 Å². The molecule has 106 valence electrons. The molecule has 0 N–H and O–H groups in total. The second-order valence-electron chi connectivity index (χ2n) is 4.27. The third kappa shape index (κ3) is 2.31. The Kier molecular flexibility index (Phi) is 3.27. The van der Waals surface area contributed by atoms with Crippen molar-refractivity contribution in [1.29, 1.82) is 0 Å². The van der Waals surface area contributed by atoms with E-state index < -0.39 is 0 Å². The summed E-state index contributed by atoms with van der Waals surface area (Å²) < 4.78 is 15.4. The molecule has 1 aliphatic rings. The summed E-state index contributed by atoms with van der Waals surface area (Å²) in [6.07, 6.45) is 3.22. The van der Waals surface area contributed by atoms with Crippen LogP contribution in [0.1, 0.15) is 21.5 Å². The molecule has 0 atom stereocenters. The molecule has 3 rings (SSSR count). The number of cyclic esters (lactones) is 1. The van der Waals surface area contributed by atoms with Crippen molar-refractivity contribution in [3.8, 4) is 11.9 Å². The van der Waals surface area contributed by atoms with Crippen molar-refractivity contribution in [2.75, 3.05) is 14.2 Å². The van der Waals surface area contributed by atoms with Gasteiger partial charge in [0.25, 0.3) is 0 Å². The molecule has 0 amide bonds. The van der Waals surface area contributed by atoms with Gasteiger partial charge in [-0.2, -0.15) is 4.98 Å². The first-order chi connectivity index (χ1) is 10.2. The van der Waals surface area contributed by atoms with Crippen LogP contribution in [-0.2, 0) is 4.74 Å². The van der Waals surface area contributed by atoms with Gasteiger partial charge in [-0.15, -0.1) is 0 Å². The van der Waals surface area contributed by atoms with Gasteiger partial charge < -0.3 is 14.2 Å². The number of rotatable bonds is 3. The number of methoxy groups -OCH3 is 2. The minimum atomic E-state index is -0.370. The summed E-state index contributed by atoms with van der Waals surface area (Å²) in [6, 6.07) is 7.39. The molecule has 0 spiro atoms. The second kappa shape index (κ2) is 5.24. The molecule has 2 aromatic rings. The van der Waals surface area contributed by atoms with Gasteiger partial charge >= 0.3 is 12.0 Å². The maximum atomic E-state index is 11.8. The van der Waals surface area contributed by atoms with E-state index in [1.54, 1.807) is 24.4 Å². The Hall–Kier alpha value is -2.89. The van der Waals surface area contributed by atoms with E-state index in [0.29, 0.717) is 22.8 Å². The number of esters is 1. The highest BCUT2D eigenvalue weighted by molar-refractivity contribution is 6.05. The topological polar surface area (TPSA) is 70.5 Å². The zero-order valence-electron chi connectivity index (χ0n) is 11.5. The molecule has 0 aliphatic carbocycles. The van der Waals surface area contributed by atoms with Crippen LogP contribution in [0.4, 0.5) is 0 Å². The SMILES string of the molecule is COc1ncc(/C=C2/OC(=O)c3ccccc32)c(OC)n1. The highest BCUT2D eigenvalue weighted by Gasteiger charge is 2.26. The second-order valence-corrected chi connectivity index (χ2v) is 4.27. The fraction of sp³-hybridized carbons (Fsp3) is 0.133. The predicted molar refractivity (Wildman–Crippen MR) is 74.9 cm³/mol. The lowest BCUT2D eigenvalue weighted by molar-refractivity contribution is 0.0717. The van der Waals surface area contributed by atoms with Crippen molar-refractivity contribution >= 4 is 17.8 Å². The average Bonchev–Trinajstić information content (AvgIpc) is 2.84. The molecule has 1 aromatic carbocycles. The third-order valence-electron chi connectivity index (χ3n) is 3.04. The molecule has 0 unspecified atom stereocenters. The Morgan fingerprint density at radius 1 is 1.14 bits per heavy atom. The van der Waals surface area contributed by atoms with Crippen molar-refractivity contribution in [2.24, 2.45) is 0 Å². The largest absolute Gasteiger partial charge is 0.480 e. The first-order valence-electron chi connectivity index (χ1n) is 6.21. The molecule has 0 radical (unpaired) electrons. The van der Waals surface area contributed by atoms with Gasteiger partial charge in [0.05, 0.1) is 25.3 Å². The van der Waals surface area contributed by atoms with Crippen molar-refractivity contribution in [1.82, 2.24) is 9.97 Å². The number of hydrogen-bond donors (Lipinski definition) is 0. The Balaban J connectivity index is 2.06. The van der Waals surface area contributed by atoms with E-state index in [1.807, 2.05) is 12.1 Å². The fourth-order valence-corrected chi connectivity index (χ4v) is 2.06. The number of ether oxygens (including phenoxy) is 3. The van der Waals surface area contributed by atoms with Crippen molar-refractivity contribution in [2.45, 2.75) is 0 Å². The number of hydrogen-bond acceptors (Lipinski definition) is 6. The van der Waals surface area contributed by atoms with Gasteiger partial charge in [-0.05, 0) is 12.1 Å². The Morgan fingerprint density at radius 2 is 1.90 bits per heavy atom. The first-order valence-corrected chi connectivity index (χ1v) is 6.21. The molecule has 0 fully saturated rings. The molecular formula is C15H12N2O4. The van der Waals surface area contributed by atoms with Crippen LogP contribution in [-0.4, -0.2) is 30.2 Å². The summed E-state index contributed by atoms with van der Waals surface area (Å²) in [6.45, 7) is 0. The quantitative estimate of drug-likeness (QED) is 0.804. The number of aromatic nitrogens is 2. The monoisotopic (exact) mass is 284 g/mol. The lowest BCUT2D eigenvalue weighted by Crippen LogP contribution is -1.97. The molecule has 6 heteroatoms. The molecule has 1 aromatic heterocycles. The van der Waals surface area contributed by atoms with Crippen molar-refractivity contribution in [3.63, 3.8) is 0 Å². The smallest absolute Gasteiger partial charge is 0.344 e. The Morgan fingerprint density at radius 3 is 2.62 bits per heavy atom. The number of fused-ring (bicyclic) bond motifs is 1. The van der Waals surface area contributed by atoms with Gasteiger partial charge in [-0.3, -0.25) is 0 Å².